The molecule has 0 saturated carbocycles. The third-order valence-electron chi connectivity index (χ3n) is 4.15. The van der Waals surface area contributed by atoms with Crippen molar-refractivity contribution in [2.75, 3.05) is 18.5 Å². The van der Waals surface area contributed by atoms with Crippen molar-refractivity contribution < 1.29 is 19.1 Å². The van der Waals surface area contributed by atoms with E-state index in [2.05, 4.69) is 11.4 Å². The molecule has 0 radical (unpaired) electrons. The Morgan fingerprint density at radius 3 is 2.79 bits per heavy atom. The largest absolute Gasteiger partial charge is 0.464 e. The summed E-state index contributed by atoms with van der Waals surface area (Å²) < 4.78 is 10.4. The van der Waals surface area contributed by atoms with Gasteiger partial charge in [-0.05, 0) is 50.5 Å². The third kappa shape index (κ3) is 3.80. The Labute approximate surface area is 142 Å². The summed E-state index contributed by atoms with van der Waals surface area (Å²) in [5.74, 6) is -0.205. The van der Waals surface area contributed by atoms with Gasteiger partial charge in [-0.25, -0.2) is 9.59 Å². The maximum atomic E-state index is 12.3. The number of hydrogen-bond acceptors (Lipinski definition) is 5. The summed E-state index contributed by atoms with van der Waals surface area (Å²) in [6, 6.07) is 5.77. The molecule has 0 unspecified atom stereocenters. The lowest BCUT2D eigenvalue weighted by Crippen LogP contribution is -2.39. The van der Waals surface area contributed by atoms with Crippen LogP contribution >= 0.6 is 0 Å². The van der Waals surface area contributed by atoms with E-state index in [-0.39, 0.29) is 18.1 Å². The van der Waals surface area contributed by atoms with Crippen molar-refractivity contribution in [1.29, 1.82) is 0 Å². The van der Waals surface area contributed by atoms with Crippen LogP contribution in [0.4, 0.5) is 10.5 Å². The Kier molecular flexibility index (Phi) is 4.39. The zero-order valence-electron chi connectivity index (χ0n) is 14.4. The third-order valence-corrected chi connectivity index (χ3v) is 4.15. The molecular formula is C18H24N2O4. The molecule has 6 nitrogen and oxygen atoms in total. The minimum absolute atomic E-state index is 0.205. The molecule has 6 heteroatoms. The van der Waals surface area contributed by atoms with Crippen LogP contribution < -0.4 is 5.32 Å². The minimum atomic E-state index is -0.496. The van der Waals surface area contributed by atoms with Gasteiger partial charge in [0.15, 0.2) is 0 Å². The first-order valence-electron chi connectivity index (χ1n) is 8.35. The number of cyclic esters (lactones) is 1. The van der Waals surface area contributed by atoms with Gasteiger partial charge in [-0.15, -0.1) is 0 Å². The Hall–Kier alpha value is -2.24. The van der Waals surface area contributed by atoms with Gasteiger partial charge in [0.1, 0.15) is 11.6 Å². The van der Waals surface area contributed by atoms with E-state index in [9.17, 15) is 9.59 Å². The number of carbonyl (C=O) groups is 2. The summed E-state index contributed by atoms with van der Waals surface area (Å²) in [4.78, 5) is 25.6. The van der Waals surface area contributed by atoms with Crippen LogP contribution in [0.15, 0.2) is 18.2 Å². The summed E-state index contributed by atoms with van der Waals surface area (Å²) in [7, 11) is 0. The number of benzene rings is 1. The predicted octanol–water partition coefficient (Wildman–Crippen LogP) is 2.71. The standard InChI is InChI=1S/C18H24N2O4/c1-18(2,3)24-17(22)20-8-6-12-4-5-14(10-13(12)11-20)19-15-7-9-23-16(15)21/h4-5,10,15,19H,6-9,11H2,1-3H3/t15-/m0/s1. The van der Waals surface area contributed by atoms with Crippen LogP contribution in [0.3, 0.4) is 0 Å². The quantitative estimate of drug-likeness (QED) is 0.844. The molecule has 1 fully saturated rings. The SMILES string of the molecule is CC(C)(C)OC(=O)N1CCc2ccc(N[C@H]3CCOC3=O)cc2C1. The van der Waals surface area contributed by atoms with Gasteiger partial charge in [0, 0.05) is 25.2 Å². The molecular weight excluding hydrogens is 308 g/mol. The predicted molar refractivity (Wildman–Crippen MR) is 89.8 cm³/mol. The smallest absolute Gasteiger partial charge is 0.410 e. The highest BCUT2D eigenvalue weighted by atomic mass is 16.6. The summed E-state index contributed by atoms with van der Waals surface area (Å²) in [6.07, 6.45) is 1.20. The molecule has 0 aromatic heterocycles. The van der Waals surface area contributed by atoms with Crippen molar-refractivity contribution >= 4 is 17.7 Å². The van der Waals surface area contributed by atoms with Gasteiger partial charge in [0.2, 0.25) is 0 Å². The number of carbonyl (C=O) groups excluding carboxylic acids is 2. The number of fused-ring (bicyclic) bond motifs is 1. The molecule has 2 aliphatic rings. The molecule has 0 spiro atoms. The van der Waals surface area contributed by atoms with E-state index in [0.29, 0.717) is 26.1 Å². The van der Waals surface area contributed by atoms with E-state index >= 15 is 0 Å². The van der Waals surface area contributed by atoms with Crippen LogP contribution in [0, 0.1) is 0 Å². The lowest BCUT2D eigenvalue weighted by Gasteiger charge is -2.31. The monoisotopic (exact) mass is 332 g/mol. The van der Waals surface area contributed by atoms with Gasteiger partial charge in [0.25, 0.3) is 0 Å². The molecule has 2 aliphatic heterocycles. The van der Waals surface area contributed by atoms with Crippen molar-refractivity contribution in [2.24, 2.45) is 0 Å². The Balaban J connectivity index is 1.69. The number of anilines is 1. The lowest BCUT2D eigenvalue weighted by atomic mass is 9.99. The average Bonchev–Trinajstić information content (AvgIpc) is 2.90. The molecule has 1 aromatic carbocycles. The molecule has 0 bridgehead atoms. The van der Waals surface area contributed by atoms with Crippen LogP contribution in [0.2, 0.25) is 0 Å². The highest BCUT2D eigenvalue weighted by molar-refractivity contribution is 5.81. The molecule has 3 rings (SSSR count). The maximum Gasteiger partial charge on any atom is 0.410 e. The maximum absolute atomic E-state index is 12.3. The molecule has 1 saturated heterocycles. The molecule has 1 aromatic rings. The van der Waals surface area contributed by atoms with E-state index < -0.39 is 5.60 Å². The number of esters is 1. The van der Waals surface area contributed by atoms with E-state index in [1.54, 1.807) is 4.90 Å². The fraction of sp³-hybridized carbons (Fsp3) is 0.556. The van der Waals surface area contributed by atoms with Crippen molar-refractivity contribution in [1.82, 2.24) is 4.90 Å². The topological polar surface area (TPSA) is 67.9 Å². The van der Waals surface area contributed by atoms with Crippen molar-refractivity contribution in [3.63, 3.8) is 0 Å². The molecule has 1 amide bonds. The number of rotatable bonds is 2. The molecule has 130 valence electrons. The van der Waals surface area contributed by atoms with Crippen LogP contribution in [0.25, 0.3) is 0 Å². The second-order valence-electron chi connectivity index (χ2n) is 7.29. The molecule has 0 aliphatic carbocycles. The summed E-state index contributed by atoms with van der Waals surface area (Å²) >= 11 is 0. The van der Waals surface area contributed by atoms with E-state index in [1.807, 2.05) is 32.9 Å². The second kappa shape index (κ2) is 6.34. The lowest BCUT2D eigenvalue weighted by molar-refractivity contribution is -0.138. The van der Waals surface area contributed by atoms with Gasteiger partial charge in [-0.1, -0.05) is 6.07 Å². The molecule has 24 heavy (non-hydrogen) atoms. The number of hydrogen-bond donors (Lipinski definition) is 1. The average molecular weight is 332 g/mol. The first-order chi connectivity index (χ1) is 11.3. The first kappa shape index (κ1) is 16.6. The van der Waals surface area contributed by atoms with Crippen LogP contribution in [0.5, 0.6) is 0 Å². The van der Waals surface area contributed by atoms with Crippen LogP contribution in [0.1, 0.15) is 38.3 Å². The fourth-order valence-corrected chi connectivity index (χ4v) is 2.96. The van der Waals surface area contributed by atoms with Gasteiger partial charge in [0.05, 0.1) is 6.61 Å². The van der Waals surface area contributed by atoms with Gasteiger partial charge in [-0.3, -0.25) is 0 Å². The first-order valence-corrected chi connectivity index (χ1v) is 8.35. The van der Waals surface area contributed by atoms with E-state index in [4.69, 9.17) is 9.47 Å². The Morgan fingerprint density at radius 1 is 1.33 bits per heavy atom. The second-order valence-corrected chi connectivity index (χ2v) is 7.29. The van der Waals surface area contributed by atoms with Gasteiger partial charge < -0.3 is 19.7 Å². The Bertz CT molecular complexity index is 651. The number of ether oxygens (including phenoxy) is 2. The van der Waals surface area contributed by atoms with Crippen LogP contribution in [-0.2, 0) is 27.2 Å². The number of amides is 1. The fourth-order valence-electron chi connectivity index (χ4n) is 2.96. The molecule has 1 N–H and O–H groups in total. The zero-order valence-corrected chi connectivity index (χ0v) is 14.4. The number of nitrogens with one attached hydrogen (secondary N) is 1. The highest BCUT2D eigenvalue weighted by Gasteiger charge is 2.28. The van der Waals surface area contributed by atoms with Gasteiger partial charge >= 0.3 is 12.1 Å². The van der Waals surface area contributed by atoms with Crippen molar-refractivity contribution in [3.05, 3.63) is 29.3 Å². The summed E-state index contributed by atoms with van der Waals surface area (Å²) in [5, 5.41) is 3.21. The summed E-state index contributed by atoms with van der Waals surface area (Å²) in [6.45, 7) is 7.24. The van der Waals surface area contributed by atoms with Crippen LogP contribution in [-0.4, -0.2) is 41.8 Å². The zero-order chi connectivity index (χ0) is 17.3. The van der Waals surface area contributed by atoms with E-state index in [1.165, 1.54) is 5.56 Å². The molecule has 2 heterocycles. The van der Waals surface area contributed by atoms with E-state index in [0.717, 1.165) is 17.7 Å². The molecule has 1 atom stereocenters. The van der Waals surface area contributed by atoms with Crippen molar-refractivity contribution in [3.8, 4) is 0 Å². The summed E-state index contributed by atoms with van der Waals surface area (Å²) in [5.41, 5.74) is 2.70. The Morgan fingerprint density at radius 2 is 2.12 bits per heavy atom. The highest BCUT2D eigenvalue weighted by Crippen LogP contribution is 2.25. The number of nitrogens with zero attached hydrogens (tertiary/aromatic N) is 1. The normalized spacial score (nSPS) is 20.4. The minimum Gasteiger partial charge on any atom is -0.464 e. The van der Waals surface area contributed by atoms with Crippen molar-refractivity contribution in [2.45, 2.75) is 51.8 Å². The van der Waals surface area contributed by atoms with Gasteiger partial charge in [-0.2, -0.15) is 0 Å².